The molecule has 2 aromatic heterocycles. The van der Waals surface area contributed by atoms with Crippen molar-refractivity contribution in [1.29, 1.82) is 0 Å². The van der Waals surface area contributed by atoms with Gasteiger partial charge in [-0.05, 0) is 25.5 Å². The van der Waals surface area contributed by atoms with E-state index in [4.69, 9.17) is 4.74 Å². The Labute approximate surface area is 145 Å². The molecule has 0 aliphatic carbocycles. The van der Waals surface area contributed by atoms with E-state index in [2.05, 4.69) is 15.3 Å². The predicted molar refractivity (Wildman–Crippen MR) is 93.0 cm³/mol. The number of nitrogens with zero attached hydrogens (tertiary/aromatic N) is 3. The van der Waals surface area contributed by atoms with Gasteiger partial charge in [0.15, 0.2) is 0 Å². The number of pyridine rings is 1. The number of thiazole rings is 1. The van der Waals surface area contributed by atoms with Gasteiger partial charge in [-0.15, -0.1) is 11.3 Å². The summed E-state index contributed by atoms with van der Waals surface area (Å²) in [5.41, 5.74) is 1.05. The van der Waals surface area contributed by atoms with Gasteiger partial charge in [-0.25, -0.2) is 4.98 Å². The molecule has 24 heavy (non-hydrogen) atoms. The molecule has 3 heterocycles. The lowest BCUT2D eigenvalue weighted by Crippen LogP contribution is -2.48. The molecule has 2 atom stereocenters. The van der Waals surface area contributed by atoms with Gasteiger partial charge in [0.2, 0.25) is 0 Å². The SMILES string of the molecule is CCOC(C)c1ncc(C(=O)N2CCNCC2c2cccnc2)s1. The van der Waals surface area contributed by atoms with Crippen LogP contribution in [0, 0.1) is 0 Å². The Morgan fingerprint density at radius 2 is 2.42 bits per heavy atom. The zero-order valence-corrected chi connectivity index (χ0v) is 14.8. The lowest BCUT2D eigenvalue weighted by atomic mass is 10.1. The summed E-state index contributed by atoms with van der Waals surface area (Å²) in [5.74, 6) is 0.0257. The van der Waals surface area contributed by atoms with Gasteiger partial charge in [0.1, 0.15) is 16.0 Å². The maximum Gasteiger partial charge on any atom is 0.266 e. The summed E-state index contributed by atoms with van der Waals surface area (Å²) in [6.07, 6.45) is 5.16. The summed E-state index contributed by atoms with van der Waals surface area (Å²) in [7, 11) is 0. The quantitative estimate of drug-likeness (QED) is 0.900. The normalized spacial score (nSPS) is 19.2. The highest BCUT2D eigenvalue weighted by Gasteiger charge is 2.30. The second-order valence-electron chi connectivity index (χ2n) is 5.67. The topological polar surface area (TPSA) is 67.3 Å². The van der Waals surface area contributed by atoms with E-state index in [1.54, 1.807) is 12.4 Å². The van der Waals surface area contributed by atoms with Crippen molar-refractivity contribution in [2.45, 2.75) is 26.0 Å². The molecule has 6 nitrogen and oxygen atoms in total. The van der Waals surface area contributed by atoms with Gasteiger partial charge in [-0.1, -0.05) is 6.07 Å². The van der Waals surface area contributed by atoms with Crippen molar-refractivity contribution in [3.63, 3.8) is 0 Å². The second-order valence-corrected chi connectivity index (χ2v) is 6.73. The minimum atomic E-state index is -0.0845. The third-order valence-corrected chi connectivity index (χ3v) is 5.22. The summed E-state index contributed by atoms with van der Waals surface area (Å²) in [4.78, 5) is 24.1. The first-order valence-electron chi connectivity index (χ1n) is 8.19. The molecule has 0 saturated carbocycles. The molecular weight excluding hydrogens is 324 g/mol. The molecule has 1 fully saturated rings. The van der Waals surface area contributed by atoms with Crippen LogP contribution in [0.4, 0.5) is 0 Å². The van der Waals surface area contributed by atoms with Crippen molar-refractivity contribution >= 4 is 17.2 Å². The zero-order valence-electron chi connectivity index (χ0n) is 13.9. The van der Waals surface area contributed by atoms with Crippen LogP contribution in [-0.4, -0.2) is 47.0 Å². The van der Waals surface area contributed by atoms with Gasteiger partial charge < -0.3 is 15.0 Å². The number of rotatable bonds is 5. The van der Waals surface area contributed by atoms with Crippen LogP contribution in [0.3, 0.4) is 0 Å². The molecule has 2 unspecified atom stereocenters. The molecule has 0 spiro atoms. The van der Waals surface area contributed by atoms with Gasteiger partial charge in [-0.3, -0.25) is 9.78 Å². The molecule has 128 valence electrons. The van der Waals surface area contributed by atoms with Crippen LogP contribution in [0.1, 0.15) is 46.2 Å². The molecule has 1 saturated heterocycles. The van der Waals surface area contributed by atoms with Crippen LogP contribution < -0.4 is 5.32 Å². The van der Waals surface area contributed by atoms with Crippen molar-refractivity contribution in [2.24, 2.45) is 0 Å². The van der Waals surface area contributed by atoms with E-state index in [0.29, 0.717) is 18.0 Å². The van der Waals surface area contributed by atoms with E-state index < -0.39 is 0 Å². The monoisotopic (exact) mass is 346 g/mol. The summed E-state index contributed by atoms with van der Waals surface area (Å²) in [5, 5.41) is 4.20. The van der Waals surface area contributed by atoms with Gasteiger partial charge in [0.05, 0.1) is 12.2 Å². The van der Waals surface area contributed by atoms with E-state index in [0.717, 1.165) is 23.7 Å². The first kappa shape index (κ1) is 17.0. The highest BCUT2D eigenvalue weighted by Crippen LogP contribution is 2.28. The largest absolute Gasteiger partial charge is 0.372 e. The van der Waals surface area contributed by atoms with Gasteiger partial charge in [0.25, 0.3) is 5.91 Å². The maximum atomic E-state index is 13.0. The Hall–Kier alpha value is -1.83. The van der Waals surface area contributed by atoms with Crippen LogP contribution in [0.15, 0.2) is 30.7 Å². The number of hydrogen-bond acceptors (Lipinski definition) is 6. The van der Waals surface area contributed by atoms with Crippen molar-refractivity contribution in [2.75, 3.05) is 26.2 Å². The number of aromatic nitrogens is 2. The molecule has 3 rings (SSSR count). The van der Waals surface area contributed by atoms with Crippen LogP contribution in [0.25, 0.3) is 0 Å². The zero-order chi connectivity index (χ0) is 16.9. The van der Waals surface area contributed by atoms with E-state index in [9.17, 15) is 4.79 Å². The van der Waals surface area contributed by atoms with Crippen molar-refractivity contribution in [1.82, 2.24) is 20.2 Å². The first-order valence-corrected chi connectivity index (χ1v) is 9.01. The average molecular weight is 346 g/mol. The Bertz CT molecular complexity index is 676. The average Bonchev–Trinajstić information content (AvgIpc) is 3.12. The summed E-state index contributed by atoms with van der Waals surface area (Å²) >= 11 is 1.42. The number of amides is 1. The molecule has 1 aliphatic rings. The number of piperazine rings is 1. The molecule has 1 aliphatic heterocycles. The molecule has 1 N–H and O–H groups in total. The predicted octanol–water partition coefficient (Wildman–Crippen LogP) is 2.42. The third kappa shape index (κ3) is 3.63. The fourth-order valence-electron chi connectivity index (χ4n) is 2.86. The lowest BCUT2D eigenvalue weighted by molar-refractivity contribution is 0.0639. The fourth-order valence-corrected chi connectivity index (χ4v) is 3.73. The summed E-state index contributed by atoms with van der Waals surface area (Å²) in [6.45, 7) is 6.74. The molecule has 0 aromatic carbocycles. The number of carbonyl (C=O) groups excluding carboxylic acids is 1. The number of hydrogen-bond donors (Lipinski definition) is 1. The minimum Gasteiger partial charge on any atom is -0.372 e. The van der Waals surface area contributed by atoms with Gasteiger partial charge >= 0.3 is 0 Å². The van der Waals surface area contributed by atoms with Crippen LogP contribution in [0.2, 0.25) is 0 Å². The first-order chi connectivity index (χ1) is 11.7. The Morgan fingerprint density at radius 3 is 3.17 bits per heavy atom. The van der Waals surface area contributed by atoms with E-state index in [1.807, 2.05) is 37.1 Å². The van der Waals surface area contributed by atoms with E-state index in [1.165, 1.54) is 11.3 Å². The van der Waals surface area contributed by atoms with Crippen molar-refractivity contribution < 1.29 is 9.53 Å². The molecule has 1 amide bonds. The van der Waals surface area contributed by atoms with Crippen LogP contribution >= 0.6 is 11.3 Å². The van der Waals surface area contributed by atoms with E-state index in [-0.39, 0.29) is 18.1 Å². The molecule has 7 heteroatoms. The van der Waals surface area contributed by atoms with Crippen LogP contribution in [-0.2, 0) is 4.74 Å². The standard InChI is InChI=1S/C17H22N4O2S/c1-3-23-12(2)16-20-11-15(24-16)17(22)21-8-7-19-10-14(21)13-5-4-6-18-9-13/h4-6,9,11-12,14,19H,3,7-8,10H2,1-2H3. The molecular formula is C17H22N4O2S. The van der Waals surface area contributed by atoms with Gasteiger partial charge in [0, 0.05) is 38.6 Å². The number of carbonyl (C=O) groups is 1. The summed E-state index contributed by atoms with van der Waals surface area (Å²) < 4.78 is 5.56. The fraction of sp³-hybridized carbons (Fsp3) is 0.471. The third-order valence-electron chi connectivity index (χ3n) is 4.07. The number of ether oxygens (including phenoxy) is 1. The smallest absolute Gasteiger partial charge is 0.266 e. The van der Waals surface area contributed by atoms with Crippen molar-refractivity contribution in [3.8, 4) is 0 Å². The highest BCUT2D eigenvalue weighted by molar-refractivity contribution is 7.13. The lowest BCUT2D eigenvalue weighted by Gasteiger charge is -2.36. The van der Waals surface area contributed by atoms with E-state index >= 15 is 0 Å². The molecule has 0 bridgehead atoms. The maximum absolute atomic E-state index is 13.0. The van der Waals surface area contributed by atoms with Crippen molar-refractivity contribution in [3.05, 3.63) is 46.2 Å². The summed E-state index contributed by atoms with van der Waals surface area (Å²) in [6, 6.07) is 3.91. The molecule has 2 aromatic rings. The highest BCUT2D eigenvalue weighted by atomic mass is 32.1. The van der Waals surface area contributed by atoms with Gasteiger partial charge in [-0.2, -0.15) is 0 Å². The minimum absolute atomic E-state index is 0.00480. The second kappa shape index (κ2) is 7.83. The van der Waals surface area contributed by atoms with Crippen LogP contribution in [0.5, 0.6) is 0 Å². The Balaban J connectivity index is 1.79. The Morgan fingerprint density at radius 1 is 1.54 bits per heavy atom. The molecule has 0 radical (unpaired) electrons. The Kier molecular flexibility index (Phi) is 5.55. The number of nitrogens with one attached hydrogen (secondary N) is 1.